The summed E-state index contributed by atoms with van der Waals surface area (Å²) in [6, 6.07) is 13.7. The molecule has 1 unspecified atom stereocenters. The highest BCUT2D eigenvalue weighted by Gasteiger charge is 2.24. The summed E-state index contributed by atoms with van der Waals surface area (Å²) in [5, 5.41) is 4.19. The Hall–Kier alpha value is -1.92. The van der Waals surface area contributed by atoms with Crippen LogP contribution in [-0.2, 0) is 6.54 Å². The van der Waals surface area contributed by atoms with Crippen molar-refractivity contribution in [1.29, 1.82) is 0 Å². The van der Waals surface area contributed by atoms with Crippen LogP contribution in [0.1, 0.15) is 22.9 Å². The quantitative estimate of drug-likeness (QED) is 0.727. The van der Waals surface area contributed by atoms with Gasteiger partial charge in [-0.2, -0.15) is 0 Å². The molecule has 1 aliphatic rings. The molecule has 7 heteroatoms. The van der Waals surface area contributed by atoms with E-state index in [4.69, 9.17) is 16.6 Å². The van der Waals surface area contributed by atoms with Gasteiger partial charge in [0.2, 0.25) is 0 Å². The minimum absolute atomic E-state index is 0. The molecule has 1 fully saturated rings. The molecule has 0 saturated carbocycles. The van der Waals surface area contributed by atoms with Crippen LogP contribution in [-0.4, -0.2) is 33.9 Å². The van der Waals surface area contributed by atoms with Crippen molar-refractivity contribution >= 4 is 29.7 Å². The van der Waals surface area contributed by atoms with Gasteiger partial charge in [-0.1, -0.05) is 29.8 Å². The van der Waals surface area contributed by atoms with Crippen LogP contribution in [0, 0.1) is 6.92 Å². The van der Waals surface area contributed by atoms with E-state index < -0.39 is 0 Å². The monoisotopic (exact) mass is 404 g/mol. The van der Waals surface area contributed by atoms with Gasteiger partial charge < -0.3 is 5.32 Å². The van der Waals surface area contributed by atoms with Crippen LogP contribution < -0.4 is 10.9 Å². The van der Waals surface area contributed by atoms with Crippen LogP contribution in [0.5, 0.6) is 0 Å². The second-order valence-electron chi connectivity index (χ2n) is 6.72. The van der Waals surface area contributed by atoms with Crippen molar-refractivity contribution in [1.82, 2.24) is 19.6 Å². The first kappa shape index (κ1) is 19.8. The van der Waals surface area contributed by atoms with Gasteiger partial charge in [-0.05, 0) is 36.2 Å². The Balaban J connectivity index is 0.00000210. The molecule has 2 aromatic heterocycles. The summed E-state index contributed by atoms with van der Waals surface area (Å²) in [5.74, 6) is 0. The Kier molecular flexibility index (Phi) is 6.17. The molecule has 1 saturated heterocycles. The maximum Gasteiger partial charge on any atom is 0.258 e. The third-order valence-electron chi connectivity index (χ3n) is 4.89. The average molecular weight is 405 g/mol. The van der Waals surface area contributed by atoms with E-state index in [0.29, 0.717) is 6.54 Å². The van der Waals surface area contributed by atoms with Crippen LogP contribution in [0.4, 0.5) is 0 Å². The number of nitrogens with one attached hydrogen (secondary N) is 1. The number of pyridine rings is 1. The Labute approximate surface area is 169 Å². The fraction of sp³-hybridized carbons (Fsp3) is 0.300. The van der Waals surface area contributed by atoms with Crippen LogP contribution in [0.25, 0.3) is 5.65 Å². The molecule has 0 aliphatic carbocycles. The van der Waals surface area contributed by atoms with Gasteiger partial charge in [0, 0.05) is 49.5 Å². The van der Waals surface area contributed by atoms with Gasteiger partial charge in [-0.25, -0.2) is 4.98 Å². The fourth-order valence-electron chi connectivity index (χ4n) is 3.58. The summed E-state index contributed by atoms with van der Waals surface area (Å²) >= 11 is 6.18. The predicted octanol–water partition coefficient (Wildman–Crippen LogP) is 3.22. The Bertz CT molecular complexity index is 1000. The van der Waals surface area contributed by atoms with E-state index >= 15 is 0 Å². The molecule has 1 aromatic carbocycles. The SMILES string of the molecule is Cc1cccn2c(=O)cc(CN3CCNCC3c3cccc(Cl)c3)nc12.Cl. The number of hydrogen-bond donors (Lipinski definition) is 1. The van der Waals surface area contributed by atoms with E-state index in [1.54, 1.807) is 16.7 Å². The maximum atomic E-state index is 12.5. The van der Waals surface area contributed by atoms with Crippen molar-refractivity contribution in [3.8, 4) is 0 Å². The first-order chi connectivity index (χ1) is 12.6. The minimum atomic E-state index is -0.0388. The van der Waals surface area contributed by atoms with E-state index in [1.165, 1.54) is 5.56 Å². The van der Waals surface area contributed by atoms with E-state index in [9.17, 15) is 4.79 Å². The maximum absolute atomic E-state index is 12.5. The largest absolute Gasteiger partial charge is 0.314 e. The van der Waals surface area contributed by atoms with Gasteiger partial charge in [0.25, 0.3) is 5.56 Å². The lowest BCUT2D eigenvalue weighted by molar-refractivity contribution is 0.152. The third-order valence-corrected chi connectivity index (χ3v) is 5.13. The van der Waals surface area contributed by atoms with Crippen LogP contribution in [0.15, 0.2) is 53.5 Å². The first-order valence-corrected chi connectivity index (χ1v) is 9.18. The normalized spacial score (nSPS) is 17.6. The summed E-state index contributed by atoms with van der Waals surface area (Å²) in [6.45, 7) is 5.28. The summed E-state index contributed by atoms with van der Waals surface area (Å²) < 4.78 is 1.60. The highest BCUT2D eigenvalue weighted by atomic mass is 35.5. The molecule has 1 atom stereocenters. The lowest BCUT2D eigenvalue weighted by Crippen LogP contribution is -2.45. The van der Waals surface area contributed by atoms with Gasteiger partial charge in [-0.3, -0.25) is 14.1 Å². The number of benzene rings is 1. The molecule has 4 rings (SSSR count). The number of aryl methyl sites for hydroxylation is 1. The lowest BCUT2D eigenvalue weighted by Gasteiger charge is -2.36. The zero-order valence-electron chi connectivity index (χ0n) is 15.1. The van der Waals surface area contributed by atoms with Crippen LogP contribution in [0.2, 0.25) is 5.02 Å². The molecule has 0 spiro atoms. The minimum Gasteiger partial charge on any atom is -0.314 e. The van der Waals surface area contributed by atoms with Crippen molar-refractivity contribution in [2.45, 2.75) is 19.5 Å². The summed E-state index contributed by atoms with van der Waals surface area (Å²) in [5.41, 5.74) is 3.67. The molecule has 0 bridgehead atoms. The number of rotatable bonds is 3. The molecule has 5 nitrogen and oxygen atoms in total. The van der Waals surface area contributed by atoms with E-state index in [2.05, 4.69) is 16.3 Å². The van der Waals surface area contributed by atoms with Crippen molar-refractivity contribution in [3.05, 3.63) is 80.9 Å². The number of hydrogen-bond acceptors (Lipinski definition) is 4. The van der Waals surface area contributed by atoms with E-state index in [0.717, 1.165) is 41.6 Å². The molecule has 3 aromatic rings. The topological polar surface area (TPSA) is 49.6 Å². The van der Waals surface area contributed by atoms with E-state index in [-0.39, 0.29) is 24.0 Å². The molecular weight excluding hydrogens is 383 g/mol. The van der Waals surface area contributed by atoms with Crippen molar-refractivity contribution < 1.29 is 0 Å². The molecule has 0 radical (unpaired) electrons. The molecule has 1 aliphatic heterocycles. The number of aromatic nitrogens is 2. The Morgan fingerprint density at radius 3 is 2.93 bits per heavy atom. The highest BCUT2D eigenvalue weighted by molar-refractivity contribution is 6.30. The first-order valence-electron chi connectivity index (χ1n) is 8.80. The van der Waals surface area contributed by atoms with Gasteiger partial charge in [-0.15, -0.1) is 12.4 Å². The van der Waals surface area contributed by atoms with Gasteiger partial charge in [0.1, 0.15) is 5.65 Å². The molecule has 27 heavy (non-hydrogen) atoms. The van der Waals surface area contributed by atoms with Gasteiger partial charge >= 0.3 is 0 Å². The van der Waals surface area contributed by atoms with Crippen molar-refractivity contribution in [3.63, 3.8) is 0 Å². The fourth-order valence-corrected chi connectivity index (χ4v) is 3.77. The second-order valence-corrected chi connectivity index (χ2v) is 7.15. The zero-order valence-corrected chi connectivity index (χ0v) is 16.6. The summed E-state index contributed by atoms with van der Waals surface area (Å²) in [7, 11) is 0. The number of fused-ring (bicyclic) bond motifs is 1. The molecule has 0 amide bonds. The number of halogens is 2. The zero-order chi connectivity index (χ0) is 18.1. The van der Waals surface area contributed by atoms with Crippen LogP contribution >= 0.6 is 24.0 Å². The smallest absolute Gasteiger partial charge is 0.258 e. The predicted molar refractivity (Wildman–Crippen MR) is 111 cm³/mol. The molecule has 142 valence electrons. The molecule has 1 N–H and O–H groups in total. The Morgan fingerprint density at radius 1 is 1.26 bits per heavy atom. The average Bonchev–Trinajstić information content (AvgIpc) is 2.63. The van der Waals surface area contributed by atoms with Crippen molar-refractivity contribution in [2.75, 3.05) is 19.6 Å². The number of nitrogens with zero attached hydrogens (tertiary/aromatic N) is 3. The Morgan fingerprint density at radius 2 is 2.11 bits per heavy atom. The summed E-state index contributed by atoms with van der Waals surface area (Å²) in [6.07, 6.45) is 1.76. The molecular formula is C20H22Cl2N4O. The third kappa shape index (κ3) is 4.17. The van der Waals surface area contributed by atoms with Crippen LogP contribution in [0.3, 0.4) is 0 Å². The lowest BCUT2D eigenvalue weighted by atomic mass is 10.0. The second kappa shape index (κ2) is 8.40. The molecule has 3 heterocycles. The summed E-state index contributed by atoms with van der Waals surface area (Å²) in [4.78, 5) is 19.6. The number of piperazine rings is 1. The standard InChI is InChI=1S/C20H21ClN4O.ClH/c1-14-4-3-8-25-19(26)11-17(23-20(14)25)13-24-9-7-22-12-18(24)15-5-2-6-16(21)10-15;/h2-6,8,10-11,18,22H,7,9,12-13H2,1H3;1H. The highest BCUT2D eigenvalue weighted by Crippen LogP contribution is 2.25. The van der Waals surface area contributed by atoms with E-state index in [1.807, 2.05) is 37.3 Å². The van der Waals surface area contributed by atoms with Gasteiger partial charge in [0.05, 0.1) is 5.69 Å². The van der Waals surface area contributed by atoms with Crippen molar-refractivity contribution in [2.24, 2.45) is 0 Å². The van der Waals surface area contributed by atoms with Gasteiger partial charge in [0.15, 0.2) is 0 Å².